The predicted octanol–water partition coefficient (Wildman–Crippen LogP) is 3.09. The molecule has 0 fully saturated rings. The number of benzene rings is 1. The highest BCUT2D eigenvalue weighted by atomic mass is 19.1. The highest BCUT2D eigenvalue weighted by Crippen LogP contribution is 2.11. The van der Waals surface area contributed by atoms with E-state index in [2.05, 4.69) is 17.3 Å². The number of halogens is 1. The van der Waals surface area contributed by atoms with Crippen LogP contribution in [-0.2, 0) is 13.0 Å². The van der Waals surface area contributed by atoms with Crippen LogP contribution in [0, 0.1) is 5.82 Å². The molecule has 18 heavy (non-hydrogen) atoms. The topological polar surface area (TPSA) is 29.9 Å². The second-order valence-corrected chi connectivity index (χ2v) is 4.46. The Labute approximate surface area is 107 Å². The zero-order chi connectivity index (χ0) is 13.0. The zero-order valence-electron chi connectivity index (χ0n) is 10.7. The summed E-state index contributed by atoms with van der Waals surface area (Å²) in [5.41, 5.74) is 2.00. The zero-order valence-corrected chi connectivity index (χ0v) is 10.7. The number of rotatable bonds is 5. The summed E-state index contributed by atoms with van der Waals surface area (Å²) < 4.78 is 14.9. The first-order valence-corrected chi connectivity index (χ1v) is 6.21. The maximum Gasteiger partial charge on any atom is 0.123 e. The molecular weight excluding hydrogens is 229 g/mol. The van der Waals surface area contributed by atoms with Gasteiger partial charge in [-0.1, -0.05) is 12.1 Å². The molecule has 1 atom stereocenters. The third-order valence-electron chi connectivity index (χ3n) is 2.80. The molecule has 2 aromatic rings. The van der Waals surface area contributed by atoms with Crippen molar-refractivity contribution in [2.24, 2.45) is 0 Å². The molecule has 0 saturated carbocycles. The Kier molecular flexibility index (Phi) is 3.97. The molecule has 2 rings (SSSR count). The summed E-state index contributed by atoms with van der Waals surface area (Å²) in [6.45, 7) is 4.99. The lowest BCUT2D eigenvalue weighted by molar-refractivity contribution is 0.624. The maximum absolute atomic E-state index is 13.1. The number of nitrogens with zero attached hydrogens (tertiary/aromatic N) is 2. The third-order valence-corrected chi connectivity index (χ3v) is 2.80. The Morgan fingerprint density at radius 1 is 1.44 bits per heavy atom. The van der Waals surface area contributed by atoms with E-state index >= 15 is 0 Å². The molecule has 0 aliphatic rings. The second-order valence-electron chi connectivity index (χ2n) is 4.46. The number of nitrogens with one attached hydrogen (secondary N) is 1. The molecule has 0 bridgehead atoms. The molecule has 0 spiro atoms. The van der Waals surface area contributed by atoms with Gasteiger partial charge in [-0.25, -0.2) is 4.39 Å². The van der Waals surface area contributed by atoms with Crippen molar-refractivity contribution in [3.8, 4) is 0 Å². The minimum atomic E-state index is -0.182. The lowest BCUT2D eigenvalue weighted by Gasteiger charge is -2.13. The first-order chi connectivity index (χ1) is 8.67. The van der Waals surface area contributed by atoms with Crippen molar-refractivity contribution in [1.29, 1.82) is 0 Å². The van der Waals surface area contributed by atoms with Crippen molar-refractivity contribution in [3.63, 3.8) is 0 Å². The number of hydrogen-bond donors (Lipinski definition) is 1. The molecule has 3 nitrogen and oxygen atoms in total. The summed E-state index contributed by atoms with van der Waals surface area (Å²) in [4.78, 5) is 0. The van der Waals surface area contributed by atoms with E-state index in [-0.39, 0.29) is 11.9 Å². The van der Waals surface area contributed by atoms with Crippen molar-refractivity contribution in [2.75, 3.05) is 5.32 Å². The third kappa shape index (κ3) is 3.32. The van der Waals surface area contributed by atoms with Gasteiger partial charge in [0.05, 0.1) is 11.9 Å². The van der Waals surface area contributed by atoms with Gasteiger partial charge in [-0.15, -0.1) is 0 Å². The van der Waals surface area contributed by atoms with Crippen LogP contribution in [-0.4, -0.2) is 15.8 Å². The molecule has 0 aliphatic carbocycles. The van der Waals surface area contributed by atoms with E-state index in [1.807, 2.05) is 30.1 Å². The van der Waals surface area contributed by atoms with Gasteiger partial charge in [-0.2, -0.15) is 5.10 Å². The second kappa shape index (κ2) is 5.67. The van der Waals surface area contributed by atoms with Crippen molar-refractivity contribution in [3.05, 3.63) is 48.0 Å². The Hall–Kier alpha value is -1.84. The van der Waals surface area contributed by atoms with Crippen LogP contribution < -0.4 is 5.32 Å². The van der Waals surface area contributed by atoms with Gasteiger partial charge in [-0.05, 0) is 38.0 Å². The fourth-order valence-electron chi connectivity index (χ4n) is 1.96. The first kappa shape index (κ1) is 12.6. The van der Waals surface area contributed by atoms with Crippen molar-refractivity contribution >= 4 is 5.69 Å². The summed E-state index contributed by atoms with van der Waals surface area (Å²) in [6.07, 6.45) is 4.57. The highest BCUT2D eigenvalue weighted by molar-refractivity contribution is 5.39. The van der Waals surface area contributed by atoms with E-state index in [0.717, 1.165) is 24.2 Å². The maximum atomic E-state index is 13.1. The molecule has 0 amide bonds. The Balaban J connectivity index is 1.94. The van der Waals surface area contributed by atoms with E-state index in [0.29, 0.717) is 0 Å². The van der Waals surface area contributed by atoms with Crippen LogP contribution in [0.25, 0.3) is 0 Å². The number of aromatic nitrogens is 2. The van der Waals surface area contributed by atoms with Gasteiger partial charge in [0.2, 0.25) is 0 Å². The van der Waals surface area contributed by atoms with E-state index in [9.17, 15) is 4.39 Å². The van der Waals surface area contributed by atoms with Crippen molar-refractivity contribution in [1.82, 2.24) is 9.78 Å². The summed E-state index contributed by atoms with van der Waals surface area (Å²) in [5, 5.41) is 7.56. The number of aryl methyl sites for hydroxylation is 1. The van der Waals surface area contributed by atoms with E-state index in [1.54, 1.807) is 12.1 Å². The molecule has 0 aliphatic heterocycles. The van der Waals surface area contributed by atoms with Gasteiger partial charge in [0.1, 0.15) is 5.82 Å². The summed E-state index contributed by atoms with van der Waals surface area (Å²) >= 11 is 0. The SMILES string of the molecule is CCn1cc(NC(C)Cc2cccc(F)c2)cn1. The summed E-state index contributed by atoms with van der Waals surface area (Å²) in [5.74, 6) is -0.182. The van der Waals surface area contributed by atoms with E-state index in [4.69, 9.17) is 0 Å². The lowest BCUT2D eigenvalue weighted by Crippen LogP contribution is -2.17. The van der Waals surface area contributed by atoms with Crippen molar-refractivity contribution < 1.29 is 4.39 Å². The van der Waals surface area contributed by atoms with Crippen LogP contribution in [0.1, 0.15) is 19.4 Å². The molecule has 96 valence electrons. The van der Waals surface area contributed by atoms with E-state index in [1.165, 1.54) is 6.07 Å². The lowest BCUT2D eigenvalue weighted by atomic mass is 10.1. The molecule has 1 aromatic carbocycles. The monoisotopic (exact) mass is 247 g/mol. The molecule has 0 radical (unpaired) electrons. The van der Waals surface area contributed by atoms with Crippen LogP contribution in [0.3, 0.4) is 0 Å². The molecular formula is C14H18FN3. The van der Waals surface area contributed by atoms with Crippen LogP contribution in [0.2, 0.25) is 0 Å². The quantitative estimate of drug-likeness (QED) is 0.880. The average Bonchev–Trinajstić information content (AvgIpc) is 2.76. The normalized spacial score (nSPS) is 12.4. The number of anilines is 1. The fourth-order valence-corrected chi connectivity index (χ4v) is 1.96. The molecule has 1 aromatic heterocycles. The van der Waals surface area contributed by atoms with E-state index < -0.39 is 0 Å². The highest BCUT2D eigenvalue weighted by Gasteiger charge is 2.05. The Bertz CT molecular complexity index is 507. The number of hydrogen-bond acceptors (Lipinski definition) is 2. The van der Waals surface area contributed by atoms with Crippen LogP contribution >= 0.6 is 0 Å². The summed E-state index contributed by atoms with van der Waals surface area (Å²) in [7, 11) is 0. The average molecular weight is 247 g/mol. The van der Waals surface area contributed by atoms with Gasteiger partial charge >= 0.3 is 0 Å². The minimum absolute atomic E-state index is 0.182. The Morgan fingerprint density at radius 2 is 2.28 bits per heavy atom. The van der Waals surface area contributed by atoms with Gasteiger partial charge in [0, 0.05) is 18.8 Å². The molecule has 1 unspecified atom stereocenters. The Morgan fingerprint density at radius 3 is 2.94 bits per heavy atom. The van der Waals surface area contributed by atoms with Gasteiger partial charge in [0.25, 0.3) is 0 Å². The smallest absolute Gasteiger partial charge is 0.123 e. The first-order valence-electron chi connectivity index (χ1n) is 6.21. The van der Waals surface area contributed by atoms with Crippen molar-refractivity contribution in [2.45, 2.75) is 32.9 Å². The van der Waals surface area contributed by atoms with Crippen LogP contribution in [0.4, 0.5) is 10.1 Å². The minimum Gasteiger partial charge on any atom is -0.380 e. The molecule has 1 heterocycles. The fraction of sp³-hybridized carbons (Fsp3) is 0.357. The predicted molar refractivity (Wildman–Crippen MR) is 71.1 cm³/mol. The van der Waals surface area contributed by atoms with Gasteiger partial charge < -0.3 is 5.32 Å². The standard InChI is InChI=1S/C14H18FN3/c1-3-18-10-14(9-16-18)17-11(2)7-12-5-4-6-13(15)8-12/h4-6,8-11,17H,3,7H2,1-2H3. The van der Waals surface area contributed by atoms with Gasteiger partial charge in [0.15, 0.2) is 0 Å². The van der Waals surface area contributed by atoms with Gasteiger partial charge in [-0.3, -0.25) is 4.68 Å². The molecule has 0 saturated heterocycles. The molecule has 1 N–H and O–H groups in total. The summed E-state index contributed by atoms with van der Waals surface area (Å²) in [6, 6.07) is 6.96. The largest absolute Gasteiger partial charge is 0.380 e. The van der Waals surface area contributed by atoms with Crippen LogP contribution in [0.5, 0.6) is 0 Å². The molecule has 4 heteroatoms. The van der Waals surface area contributed by atoms with Crippen LogP contribution in [0.15, 0.2) is 36.7 Å².